The molecular weight excluding hydrogens is 231 g/mol. The molecular formula is C8H8F3NO2S. The van der Waals surface area contributed by atoms with Gasteiger partial charge in [0.15, 0.2) is 0 Å². The smallest absolute Gasteiger partial charge is 0.203 e. The second-order valence-electron chi connectivity index (χ2n) is 2.76. The van der Waals surface area contributed by atoms with Gasteiger partial charge in [0.05, 0.1) is 0 Å². The van der Waals surface area contributed by atoms with Crippen LogP contribution in [0.4, 0.5) is 13.2 Å². The number of hydrogen-bond acceptors (Lipinski definition) is 2. The van der Waals surface area contributed by atoms with Crippen LogP contribution in [0.2, 0.25) is 0 Å². The molecule has 1 aromatic carbocycles. The Morgan fingerprint density at radius 1 is 1.13 bits per heavy atom. The van der Waals surface area contributed by atoms with E-state index in [1.807, 2.05) is 0 Å². The van der Waals surface area contributed by atoms with Crippen molar-refractivity contribution in [3.8, 4) is 0 Å². The van der Waals surface area contributed by atoms with E-state index in [1.165, 1.54) is 16.9 Å². The zero-order chi connectivity index (χ0) is 11.5. The Balaban J connectivity index is 2.67. The van der Waals surface area contributed by atoms with Gasteiger partial charge in [-0.15, -0.1) is 0 Å². The topological polar surface area (TPSA) is 46.2 Å². The largest absolute Gasteiger partial charge is 0.511 e. The number of alkyl halides is 3. The lowest BCUT2D eigenvalue weighted by atomic mass is 10.2. The number of nitrogens with one attached hydrogen (secondary N) is 1. The Bertz CT molecular complexity index is 413. The molecule has 0 aliphatic rings. The van der Waals surface area contributed by atoms with Crippen LogP contribution in [0.1, 0.15) is 5.56 Å². The van der Waals surface area contributed by atoms with E-state index < -0.39 is 15.5 Å². The summed E-state index contributed by atoms with van der Waals surface area (Å²) >= 11 is 0. The molecule has 0 aromatic heterocycles. The molecule has 1 rings (SSSR count). The fourth-order valence-electron chi connectivity index (χ4n) is 0.856. The minimum absolute atomic E-state index is 0.372. The van der Waals surface area contributed by atoms with Crippen molar-refractivity contribution in [2.45, 2.75) is 12.1 Å². The monoisotopic (exact) mass is 239 g/mol. The second kappa shape index (κ2) is 4.19. The molecule has 0 radical (unpaired) electrons. The summed E-state index contributed by atoms with van der Waals surface area (Å²) in [5.41, 5.74) is -4.80. The minimum atomic E-state index is -5.26. The number of halogens is 3. The van der Waals surface area contributed by atoms with Crippen molar-refractivity contribution < 1.29 is 21.6 Å². The van der Waals surface area contributed by atoms with Gasteiger partial charge in [-0.25, -0.2) is 13.1 Å². The van der Waals surface area contributed by atoms with E-state index in [0.717, 1.165) is 0 Å². The Labute approximate surface area is 85.0 Å². The quantitative estimate of drug-likeness (QED) is 0.871. The lowest BCUT2D eigenvalue weighted by Gasteiger charge is -2.08. The molecule has 0 saturated carbocycles. The van der Waals surface area contributed by atoms with E-state index in [0.29, 0.717) is 5.56 Å². The first kappa shape index (κ1) is 12.0. The van der Waals surface area contributed by atoms with Crippen LogP contribution >= 0.6 is 0 Å². The molecule has 0 heterocycles. The van der Waals surface area contributed by atoms with Crippen molar-refractivity contribution in [1.29, 1.82) is 0 Å². The summed E-state index contributed by atoms with van der Waals surface area (Å²) in [5, 5.41) is 0. The molecule has 1 aromatic rings. The van der Waals surface area contributed by atoms with Gasteiger partial charge in [-0.2, -0.15) is 13.2 Å². The highest BCUT2D eigenvalue weighted by atomic mass is 32.2. The number of benzene rings is 1. The van der Waals surface area contributed by atoms with Gasteiger partial charge in [0.1, 0.15) is 0 Å². The fourth-order valence-corrected chi connectivity index (χ4v) is 1.38. The minimum Gasteiger partial charge on any atom is -0.203 e. The van der Waals surface area contributed by atoms with Crippen molar-refractivity contribution in [3.05, 3.63) is 35.9 Å². The molecule has 84 valence electrons. The van der Waals surface area contributed by atoms with Crippen molar-refractivity contribution in [2.24, 2.45) is 0 Å². The molecule has 0 aliphatic heterocycles. The highest BCUT2D eigenvalue weighted by Crippen LogP contribution is 2.21. The second-order valence-corrected chi connectivity index (χ2v) is 4.51. The highest BCUT2D eigenvalue weighted by Gasteiger charge is 2.45. The molecule has 0 bridgehead atoms. The third-order valence-corrected chi connectivity index (χ3v) is 2.75. The first-order chi connectivity index (χ1) is 6.83. The summed E-state index contributed by atoms with van der Waals surface area (Å²) in [6.07, 6.45) is 0. The zero-order valence-corrected chi connectivity index (χ0v) is 8.27. The van der Waals surface area contributed by atoms with Gasteiger partial charge < -0.3 is 0 Å². The molecule has 7 heteroatoms. The summed E-state index contributed by atoms with van der Waals surface area (Å²) < 4.78 is 58.3. The maximum Gasteiger partial charge on any atom is 0.511 e. The molecule has 0 atom stereocenters. The SMILES string of the molecule is O=S(=O)(NCc1ccccc1)C(F)(F)F. The molecule has 0 fully saturated rings. The molecule has 15 heavy (non-hydrogen) atoms. The van der Waals surface area contributed by atoms with Gasteiger partial charge in [0, 0.05) is 6.54 Å². The Morgan fingerprint density at radius 2 is 1.67 bits per heavy atom. The van der Waals surface area contributed by atoms with Crippen LogP contribution in [0.5, 0.6) is 0 Å². The van der Waals surface area contributed by atoms with Gasteiger partial charge in [-0.1, -0.05) is 30.3 Å². The van der Waals surface area contributed by atoms with E-state index >= 15 is 0 Å². The Morgan fingerprint density at radius 3 is 2.13 bits per heavy atom. The van der Waals surface area contributed by atoms with E-state index in [2.05, 4.69) is 0 Å². The van der Waals surface area contributed by atoms with Crippen LogP contribution in [-0.2, 0) is 16.6 Å². The van der Waals surface area contributed by atoms with E-state index in [9.17, 15) is 21.6 Å². The summed E-state index contributed by atoms with van der Waals surface area (Å²) in [6, 6.07) is 7.95. The van der Waals surface area contributed by atoms with Gasteiger partial charge >= 0.3 is 15.5 Å². The standard InChI is InChI=1S/C8H8F3NO2S/c9-8(10,11)15(13,14)12-6-7-4-2-1-3-5-7/h1-5,12H,6H2. The summed E-state index contributed by atoms with van der Waals surface area (Å²) in [7, 11) is -5.25. The van der Waals surface area contributed by atoms with E-state index in [-0.39, 0.29) is 6.54 Å². The lowest BCUT2D eigenvalue weighted by Crippen LogP contribution is -2.35. The molecule has 0 saturated heterocycles. The molecule has 0 aliphatic carbocycles. The average molecular weight is 239 g/mol. The number of hydrogen-bond donors (Lipinski definition) is 1. The molecule has 1 N–H and O–H groups in total. The molecule has 0 spiro atoms. The zero-order valence-electron chi connectivity index (χ0n) is 7.45. The summed E-state index contributed by atoms with van der Waals surface area (Å²) in [5.74, 6) is 0. The maximum atomic E-state index is 11.9. The van der Waals surface area contributed by atoms with Crippen molar-refractivity contribution in [1.82, 2.24) is 4.72 Å². The summed E-state index contributed by atoms with van der Waals surface area (Å²) in [4.78, 5) is 0. The van der Waals surface area contributed by atoms with E-state index in [1.54, 1.807) is 18.2 Å². The van der Waals surface area contributed by atoms with Gasteiger partial charge in [0.25, 0.3) is 0 Å². The lowest BCUT2D eigenvalue weighted by molar-refractivity contribution is -0.0448. The third-order valence-electron chi connectivity index (χ3n) is 1.61. The number of sulfonamides is 1. The van der Waals surface area contributed by atoms with Crippen molar-refractivity contribution in [2.75, 3.05) is 0 Å². The first-order valence-corrected chi connectivity index (χ1v) is 5.41. The van der Waals surface area contributed by atoms with Gasteiger partial charge in [0.2, 0.25) is 0 Å². The van der Waals surface area contributed by atoms with Crippen molar-refractivity contribution >= 4 is 10.0 Å². The molecule has 0 unspecified atom stereocenters. The fraction of sp³-hybridized carbons (Fsp3) is 0.250. The highest BCUT2D eigenvalue weighted by molar-refractivity contribution is 7.90. The first-order valence-electron chi connectivity index (χ1n) is 3.93. The van der Waals surface area contributed by atoms with Crippen LogP contribution in [0.15, 0.2) is 30.3 Å². The predicted molar refractivity (Wildman–Crippen MR) is 48.3 cm³/mol. The Hall–Kier alpha value is -1.08. The van der Waals surface area contributed by atoms with Crippen molar-refractivity contribution in [3.63, 3.8) is 0 Å². The third kappa shape index (κ3) is 3.21. The van der Waals surface area contributed by atoms with Gasteiger partial charge in [-0.05, 0) is 5.56 Å². The predicted octanol–water partition coefficient (Wildman–Crippen LogP) is 1.63. The number of rotatable bonds is 3. The van der Waals surface area contributed by atoms with Crippen LogP contribution in [0, 0.1) is 0 Å². The average Bonchev–Trinajstić information content (AvgIpc) is 2.15. The van der Waals surface area contributed by atoms with Gasteiger partial charge in [-0.3, -0.25) is 0 Å². The maximum absolute atomic E-state index is 11.9. The normalized spacial score (nSPS) is 12.7. The van der Waals surface area contributed by atoms with E-state index in [4.69, 9.17) is 0 Å². The Kier molecular flexibility index (Phi) is 3.35. The molecule has 3 nitrogen and oxygen atoms in total. The van der Waals surface area contributed by atoms with Crippen LogP contribution < -0.4 is 4.72 Å². The van der Waals surface area contributed by atoms with Crippen LogP contribution in [-0.4, -0.2) is 13.9 Å². The molecule has 0 amide bonds. The van der Waals surface area contributed by atoms with Crippen LogP contribution in [0.25, 0.3) is 0 Å². The van der Waals surface area contributed by atoms with Crippen LogP contribution in [0.3, 0.4) is 0 Å². The summed E-state index contributed by atoms with van der Waals surface area (Å²) in [6.45, 7) is -0.372.